The number of allylic oxidation sites excluding steroid dienone is 2. The number of nitriles is 1. The van der Waals surface area contributed by atoms with Crippen LogP contribution in [0.25, 0.3) is 0 Å². The molecule has 140 valence electrons. The molecule has 0 saturated heterocycles. The van der Waals surface area contributed by atoms with Crippen molar-refractivity contribution in [2.24, 2.45) is 0 Å². The molecule has 0 aliphatic carbocycles. The fourth-order valence-corrected chi connectivity index (χ4v) is 2.75. The lowest BCUT2D eigenvalue weighted by molar-refractivity contribution is -0.140. The summed E-state index contributed by atoms with van der Waals surface area (Å²) in [6.45, 7) is 3.80. The van der Waals surface area contributed by atoms with Crippen molar-refractivity contribution in [3.63, 3.8) is 0 Å². The van der Waals surface area contributed by atoms with Crippen LogP contribution >= 0.6 is 0 Å². The first-order chi connectivity index (χ1) is 12.9. The fourth-order valence-electron chi connectivity index (χ4n) is 2.75. The number of carbonyl (C=O) groups is 2. The zero-order valence-corrected chi connectivity index (χ0v) is 16.0. The minimum atomic E-state index is -0.515. The van der Waals surface area contributed by atoms with E-state index in [0.29, 0.717) is 24.1 Å². The van der Waals surface area contributed by atoms with Crippen LogP contribution in [0.3, 0.4) is 0 Å². The molecule has 1 aliphatic heterocycles. The van der Waals surface area contributed by atoms with Crippen LogP contribution in [0.4, 0.5) is 5.69 Å². The molecule has 1 aromatic carbocycles. The monoisotopic (exact) mass is 365 g/mol. The standard InChI is InChI=1S/C21H23N3O3/c1-5-12-24-20(25)18(15(2)19(14-22)21(24)26)7-6-13-23(3)16-8-10-17(27-4)11-9-16/h6-11,13H,5,12H2,1-4H3/b13-6+,18-7+. The van der Waals surface area contributed by atoms with Crippen molar-refractivity contribution in [1.29, 1.82) is 5.26 Å². The molecule has 0 aromatic heterocycles. The van der Waals surface area contributed by atoms with Gasteiger partial charge in [-0.15, -0.1) is 0 Å². The van der Waals surface area contributed by atoms with Gasteiger partial charge >= 0.3 is 0 Å². The van der Waals surface area contributed by atoms with Crippen molar-refractivity contribution >= 4 is 17.5 Å². The van der Waals surface area contributed by atoms with Crippen LogP contribution in [0.2, 0.25) is 0 Å². The highest BCUT2D eigenvalue weighted by Gasteiger charge is 2.34. The first kappa shape index (κ1) is 20.0. The van der Waals surface area contributed by atoms with Crippen LogP contribution in [0.5, 0.6) is 5.75 Å². The summed E-state index contributed by atoms with van der Waals surface area (Å²) in [5.74, 6) is -0.107. The van der Waals surface area contributed by atoms with Crippen LogP contribution in [0, 0.1) is 11.3 Å². The van der Waals surface area contributed by atoms with Crippen LogP contribution in [0.15, 0.2) is 59.3 Å². The molecule has 0 radical (unpaired) electrons. The second-order valence-corrected chi connectivity index (χ2v) is 6.10. The molecule has 6 nitrogen and oxygen atoms in total. The van der Waals surface area contributed by atoms with Gasteiger partial charge in [0.2, 0.25) is 0 Å². The maximum atomic E-state index is 12.6. The number of rotatable bonds is 6. The summed E-state index contributed by atoms with van der Waals surface area (Å²) in [6, 6.07) is 9.49. The third-order valence-corrected chi connectivity index (χ3v) is 4.32. The topological polar surface area (TPSA) is 73.6 Å². The molecule has 1 aliphatic rings. The van der Waals surface area contributed by atoms with Gasteiger partial charge in [0.1, 0.15) is 17.4 Å². The molecule has 27 heavy (non-hydrogen) atoms. The molecule has 0 N–H and O–H groups in total. The van der Waals surface area contributed by atoms with E-state index in [1.165, 1.54) is 0 Å². The third kappa shape index (κ3) is 4.26. The van der Waals surface area contributed by atoms with E-state index in [1.807, 2.05) is 55.4 Å². The molecule has 2 amide bonds. The Bertz CT molecular complexity index is 858. The third-order valence-electron chi connectivity index (χ3n) is 4.32. The number of benzene rings is 1. The van der Waals surface area contributed by atoms with E-state index in [-0.39, 0.29) is 11.5 Å². The molecular weight excluding hydrogens is 342 g/mol. The van der Waals surface area contributed by atoms with E-state index in [4.69, 9.17) is 4.74 Å². The summed E-state index contributed by atoms with van der Waals surface area (Å²) in [6.07, 6.45) is 5.82. The number of nitrogens with zero attached hydrogens (tertiary/aromatic N) is 3. The van der Waals surface area contributed by atoms with Gasteiger partial charge in [-0.2, -0.15) is 5.26 Å². The molecule has 0 unspecified atom stereocenters. The number of ether oxygens (including phenoxy) is 1. The molecule has 0 spiro atoms. The summed E-state index contributed by atoms with van der Waals surface area (Å²) in [5.41, 5.74) is 1.75. The zero-order valence-electron chi connectivity index (χ0n) is 16.0. The molecule has 0 atom stereocenters. The van der Waals surface area contributed by atoms with E-state index in [2.05, 4.69) is 0 Å². The van der Waals surface area contributed by atoms with Gasteiger partial charge in [0.05, 0.1) is 7.11 Å². The zero-order chi connectivity index (χ0) is 20.0. The average molecular weight is 365 g/mol. The lowest BCUT2D eigenvalue weighted by Crippen LogP contribution is -2.43. The molecule has 6 heteroatoms. The Morgan fingerprint density at radius 1 is 1.22 bits per heavy atom. The summed E-state index contributed by atoms with van der Waals surface area (Å²) in [7, 11) is 3.50. The lowest BCUT2D eigenvalue weighted by atomic mass is 9.95. The lowest BCUT2D eigenvalue weighted by Gasteiger charge is -2.26. The Balaban J connectivity index is 2.28. The minimum absolute atomic E-state index is 0.0196. The van der Waals surface area contributed by atoms with E-state index in [0.717, 1.165) is 16.3 Å². The van der Waals surface area contributed by atoms with Crippen LogP contribution in [-0.2, 0) is 9.59 Å². The van der Waals surface area contributed by atoms with Crippen molar-refractivity contribution in [1.82, 2.24) is 4.90 Å². The van der Waals surface area contributed by atoms with Gasteiger partial charge in [-0.1, -0.05) is 6.92 Å². The number of amides is 2. The van der Waals surface area contributed by atoms with E-state index in [9.17, 15) is 14.9 Å². The van der Waals surface area contributed by atoms with Gasteiger partial charge in [-0.05, 0) is 55.3 Å². The first-order valence-corrected chi connectivity index (χ1v) is 8.67. The number of hydrogen-bond acceptors (Lipinski definition) is 5. The molecule has 0 saturated carbocycles. The Hall–Kier alpha value is -3.33. The van der Waals surface area contributed by atoms with E-state index in [1.54, 1.807) is 26.2 Å². The number of anilines is 1. The predicted octanol–water partition coefficient (Wildman–Crippen LogP) is 3.19. The maximum Gasteiger partial charge on any atom is 0.271 e. The molecule has 0 fully saturated rings. The summed E-state index contributed by atoms with van der Waals surface area (Å²) < 4.78 is 5.15. The molecular formula is C21H23N3O3. The smallest absolute Gasteiger partial charge is 0.271 e. The van der Waals surface area contributed by atoms with Crippen LogP contribution in [0.1, 0.15) is 20.3 Å². The number of hydrogen-bond donors (Lipinski definition) is 0. The number of carbonyl (C=O) groups excluding carboxylic acids is 2. The SMILES string of the molecule is CCCN1C(=O)C(C#N)=C(C)/C(=C\C=C\N(C)c2ccc(OC)cc2)C1=O. The second kappa shape index (κ2) is 8.86. The fraction of sp³-hybridized carbons (Fsp3) is 0.286. The van der Waals surface area contributed by atoms with Gasteiger partial charge in [-0.3, -0.25) is 14.5 Å². The Morgan fingerprint density at radius 2 is 1.89 bits per heavy atom. The normalized spacial score (nSPS) is 16.3. The second-order valence-electron chi connectivity index (χ2n) is 6.10. The van der Waals surface area contributed by atoms with Crippen molar-refractivity contribution in [3.8, 4) is 11.8 Å². The molecule has 1 heterocycles. The Labute approximate surface area is 159 Å². The van der Waals surface area contributed by atoms with Crippen LogP contribution < -0.4 is 9.64 Å². The Kier molecular flexibility index (Phi) is 6.56. The predicted molar refractivity (Wildman–Crippen MR) is 104 cm³/mol. The highest BCUT2D eigenvalue weighted by atomic mass is 16.5. The average Bonchev–Trinajstić information content (AvgIpc) is 2.68. The molecule has 2 rings (SSSR count). The highest BCUT2D eigenvalue weighted by molar-refractivity contribution is 6.18. The van der Waals surface area contributed by atoms with E-state index >= 15 is 0 Å². The van der Waals surface area contributed by atoms with Crippen molar-refractivity contribution in [3.05, 3.63) is 59.3 Å². The Morgan fingerprint density at radius 3 is 2.44 bits per heavy atom. The summed E-state index contributed by atoms with van der Waals surface area (Å²) >= 11 is 0. The molecule has 0 bridgehead atoms. The van der Waals surface area contributed by atoms with Gasteiger partial charge in [-0.25, -0.2) is 0 Å². The number of imide groups is 1. The van der Waals surface area contributed by atoms with Gasteiger partial charge < -0.3 is 9.64 Å². The van der Waals surface area contributed by atoms with Gasteiger partial charge in [0.25, 0.3) is 11.8 Å². The highest BCUT2D eigenvalue weighted by Crippen LogP contribution is 2.25. The minimum Gasteiger partial charge on any atom is -0.497 e. The number of methoxy groups -OCH3 is 1. The van der Waals surface area contributed by atoms with Gasteiger partial charge in [0.15, 0.2) is 0 Å². The van der Waals surface area contributed by atoms with Gasteiger partial charge in [0, 0.05) is 31.1 Å². The largest absolute Gasteiger partial charge is 0.497 e. The summed E-state index contributed by atoms with van der Waals surface area (Å²) in [4.78, 5) is 28.0. The maximum absolute atomic E-state index is 12.6. The summed E-state index contributed by atoms with van der Waals surface area (Å²) in [5, 5.41) is 9.30. The van der Waals surface area contributed by atoms with Crippen molar-refractivity contribution in [2.45, 2.75) is 20.3 Å². The molecule has 1 aromatic rings. The first-order valence-electron chi connectivity index (χ1n) is 8.67. The van der Waals surface area contributed by atoms with Crippen molar-refractivity contribution in [2.75, 3.05) is 25.6 Å². The van der Waals surface area contributed by atoms with Crippen LogP contribution in [-0.4, -0.2) is 37.4 Å². The van der Waals surface area contributed by atoms with Crippen molar-refractivity contribution < 1.29 is 14.3 Å². The quantitative estimate of drug-likeness (QED) is 0.572. The van der Waals surface area contributed by atoms with E-state index < -0.39 is 5.91 Å².